The van der Waals surface area contributed by atoms with Gasteiger partial charge in [0.05, 0.1) is 0 Å². The molecule has 2 nitrogen and oxygen atoms in total. The Morgan fingerprint density at radius 1 is 1.26 bits per heavy atom. The zero-order valence-electron chi connectivity index (χ0n) is 10.5. The van der Waals surface area contributed by atoms with E-state index in [0.717, 1.165) is 15.6 Å². The summed E-state index contributed by atoms with van der Waals surface area (Å²) in [6.45, 7) is 2.48. The molecular formula is C15H15BrFNO. The van der Waals surface area contributed by atoms with Gasteiger partial charge in [-0.3, -0.25) is 0 Å². The van der Waals surface area contributed by atoms with Crippen molar-refractivity contribution < 1.29 is 9.50 Å². The number of benzene rings is 2. The Morgan fingerprint density at radius 2 is 2.00 bits per heavy atom. The van der Waals surface area contributed by atoms with Gasteiger partial charge in [0.15, 0.2) is 0 Å². The second kappa shape index (κ2) is 6.17. The van der Waals surface area contributed by atoms with Crippen molar-refractivity contribution in [1.29, 1.82) is 0 Å². The summed E-state index contributed by atoms with van der Waals surface area (Å²) in [5, 5.41) is 13.0. The normalized spacial score (nSPS) is 12.4. The number of phenolic OH excluding ortho intramolecular Hbond substituents is 1. The molecule has 2 aromatic carbocycles. The van der Waals surface area contributed by atoms with Crippen LogP contribution in [0.25, 0.3) is 0 Å². The minimum atomic E-state index is -0.254. The van der Waals surface area contributed by atoms with Crippen LogP contribution in [0.1, 0.15) is 24.1 Å². The molecular weight excluding hydrogens is 309 g/mol. The maximum atomic E-state index is 13.2. The SMILES string of the molecule is CC(NCc1cc(F)ccc1Br)c1ccccc1O. The van der Waals surface area contributed by atoms with E-state index in [0.29, 0.717) is 6.54 Å². The van der Waals surface area contributed by atoms with E-state index in [2.05, 4.69) is 21.2 Å². The summed E-state index contributed by atoms with van der Waals surface area (Å²) >= 11 is 3.40. The number of halogens is 2. The molecule has 0 aliphatic heterocycles. The van der Waals surface area contributed by atoms with Gasteiger partial charge in [0.25, 0.3) is 0 Å². The second-order valence-corrected chi connectivity index (χ2v) is 5.25. The Hall–Kier alpha value is -1.39. The summed E-state index contributed by atoms with van der Waals surface area (Å²) in [7, 11) is 0. The van der Waals surface area contributed by atoms with Gasteiger partial charge >= 0.3 is 0 Å². The highest BCUT2D eigenvalue weighted by atomic mass is 79.9. The molecule has 1 atom stereocenters. The van der Waals surface area contributed by atoms with Gasteiger partial charge in [0, 0.05) is 22.6 Å². The largest absolute Gasteiger partial charge is 0.508 e. The predicted octanol–water partition coefficient (Wildman–Crippen LogP) is 4.14. The van der Waals surface area contributed by atoms with Gasteiger partial charge in [0.1, 0.15) is 11.6 Å². The summed E-state index contributed by atoms with van der Waals surface area (Å²) in [6, 6.07) is 11.8. The molecule has 0 saturated heterocycles. The molecule has 0 aliphatic rings. The zero-order valence-corrected chi connectivity index (χ0v) is 12.1. The van der Waals surface area contributed by atoms with Crippen LogP contribution in [0.2, 0.25) is 0 Å². The van der Waals surface area contributed by atoms with Gasteiger partial charge in [-0.05, 0) is 36.8 Å². The molecule has 0 heterocycles. The van der Waals surface area contributed by atoms with Crippen LogP contribution in [0.3, 0.4) is 0 Å². The standard InChI is InChI=1S/C15H15BrFNO/c1-10(13-4-2-3-5-15(13)19)18-9-11-8-12(17)6-7-14(11)16/h2-8,10,18-19H,9H2,1H3. The fraction of sp³-hybridized carbons (Fsp3) is 0.200. The third-order valence-electron chi connectivity index (χ3n) is 3.01. The molecule has 4 heteroatoms. The van der Waals surface area contributed by atoms with E-state index in [-0.39, 0.29) is 17.6 Å². The summed E-state index contributed by atoms with van der Waals surface area (Å²) in [5.74, 6) is 0.0102. The average molecular weight is 324 g/mol. The number of hydrogen-bond donors (Lipinski definition) is 2. The summed E-state index contributed by atoms with van der Waals surface area (Å²) in [4.78, 5) is 0. The first-order chi connectivity index (χ1) is 9.08. The highest BCUT2D eigenvalue weighted by Gasteiger charge is 2.10. The highest BCUT2D eigenvalue weighted by molar-refractivity contribution is 9.10. The van der Waals surface area contributed by atoms with Crippen LogP contribution in [-0.2, 0) is 6.54 Å². The molecule has 19 heavy (non-hydrogen) atoms. The van der Waals surface area contributed by atoms with Crippen molar-refractivity contribution in [2.24, 2.45) is 0 Å². The van der Waals surface area contributed by atoms with Gasteiger partial charge in [-0.1, -0.05) is 34.1 Å². The minimum Gasteiger partial charge on any atom is -0.508 e. The van der Waals surface area contributed by atoms with E-state index < -0.39 is 0 Å². The first kappa shape index (κ1) is 14.0. The number of phenols is 1. The summed E-state index contributed by atoms with van der Waals surface area (Å²) in [6.07, 6.45) is 0. The first-order valence-electron chi connectivity index (χ1n) is 6.03. The Balaban J connectivity index is 2.06. The molecule has 0 radical (unpaired) electrons. The maximum absolute atomic E-state index is 13.2. The van der Waals surface area contributed by atoms with Gasteiger partial charge in [-0.25, -0.2) is 4.39 Å². The molecule has 1 unspecified atom stereocenters. The number of nitrogens with one attached hydrogen (secondary N) is 1. The van der Waals surface area contributed by atoms with E-state index in [1.165, 1.54) is 12.1 Å². The summed E-state index contributed by atoms with van der Waals surface area (Å²) < 4.78 is 14.0. The van der Waals surface area contributed by atoms with E-state index in [1.54, 1.807) is 18.2 Å². The molecule has 0 spiro atoms. The number of rotatable bonds is 4. The van der Waals surface area contributed by atoms with Crippen LogP contribution in [-0.4, -0.2) is 5.11 Å². The molecule has 2 aromatic rings. The highest BCUT2D eigenvalue weighted by Crippen LogP contribution is 2.24. The quantitative estimate of drug-likeness (QED) is 0.886. The molecule has 2 N–H and O–H groups in total. The van der Waals surface area contributed by atoms with Crippen LogP contribution in [0.4, 0.5) is 4.39 Å². The van der Waals surface area contributed by atoms with Crippen LogP contribution < -0.4 is 5.32 Å². The lowest BCUT2D eigenvalue weighted by Crippen LogP contribution is -2.18. The molecule has 0 aromatic heterocycles. The van der Waals surface area contributed by atoms with Crippen molar-refractivity contribution in [3.8, 4) is 5.75 Å². The lowest BCUT2D eigenvalue weighted by Gasteiger charge is -2.16. The van der Waals surface area contributed by atoms with Crippen LogP contribution in [0.5, 0.6) is 5.75 Å². The van der Waals surface area contributed by atoms with Crippen molar-refractivity contribution in [3.05, 3.63) is 63.9 Å². The topological polar surface area (TPSA) is 32.3 Å². The van der Waals surface area contributed by atoms with Crippen molar-refractivity contribution in [1.82, 2.24) is 5.32 Å². The minimum absolute atomic E-state index is 0.0173. The van der Waals surface area contributed by atoms with Gasteiger partial charge < -0.3 is 10.4 Å². The fourth-order valence-electron chi connectivity index (χ4n) is 1.91. The average Bonchev–Trinajstić information content (AvgIpc) is 2.40. The zero-order chi connectivity index (χ0) is 13.8. The smallest absolute Gasteiger partial charge is 0.123 e. The van der Waals surface area contributed by atoms with Gasteiger partial charge in [0.2, 0.25) is 0 Å². The summed E-state index contributed by atoms with van der Waals surface area (Å²) in [5.41, 5.74) is 1.68. The number of para-hydroxylation sites is 1. The van der Waals surface area contributed by atoms with Crippen molar-refractivity contribution in [3.63, 3.8) is 0 Å². The van der Waals surface area contributed by atoms with E-state index >= 15 is 0 Å². The molecule has 0 saturated carbocycles. The molecule has 0 amide bonds. The molecule has 0 fully saturated rings. The van der Waals surface area contributed by atoms with Crippen LogP contribution >= 0.6 is 15.9 Å². The van der Waals surface area contributed by atoms with Gasteiger partial charge in [-0.2, -0.15) is 0 Å². The third kappa shape index (κ3) is 3.55. The lowest BCUT2D eigenvalue weighted by molar-refractivity contribution is 0.452. The van der Waals surface area contributed by atoms with Crippen molar-refractivity contribution in [2.75, 3.05) is 0 Å². The number of aromatic hydroxyl groups is 1. The Kier molecular flexibility index (Phi) is 4.56. The first-order valence-corrected chi connectivity index (χ1v) is 6.82. The lowest BCUT2D eigenvalue weighted by atomic mass is 10.1. The maximum Gasteiger partial charge on any atom is 0.123 e. The molecule has 0 aliphatic carbocycles. The van der Waals surface area contributed by atoms with E-state index in [4.69, 9.17) is 0 Å². The van der Waals surface area contributed by atoms with Crippen molar-refractivity contribution >= 4 is 15.9 Å². The fourth-order valence-corrected chi connectivity index (χ4v) is 2.29. The van der Waals surface area contributed by atoms with Crippen molar-refractivity contribution in [2.45, 2.75) is 19.5 Å². The van der Waals surface area contributed by atoms with E-state index in [1.807, 2.05) is 19.1 Å². The Morgan fingerprint density at radius 3 is 2.74 bits per heavy atom. The predicted molar refractivity (Wildman–Crippen MR) is 77.5 cm³/mol. The monoisotopic (exact) mass is 323 g/mol. The van der Waals surface area contributed by atoms with Crippen LogP contribution in [0.15, 0.2) is 46.9 Å². The molecule has 100 valence electrons. The molecule has 0 bridgehead atoms. The number of hydrogen-bond acceptors (Lipinski definition) is 2. The Bertz CT molecular complexity index is 574. The Labute approximate surface area is 120 Å². The van der Waals surface area contributed by atoms with Crippen LogP contribution in [0, 0.1) is 5.82 Å². The van der Waals surface area contributed by atoms with Gasteiger partial charge in [-0.15, -0.1) is 0 Å². The third-order valence-corrected chi connectivity index (χ3v) is 3.78. The van der Waals surface area contributed by atoms with E-state index in [9.17, 15) is 9.50 Å². The second-order valence-electron chi connectivity index (χ2n) is 4.40. The molecule has 2 rings (SSSR count).